The van der Waals surface area contributed by atoms with E-state index in [2.05, 4.69) is 76.1 Å². The van der Waals surface area contributed by atoms with Gasteiger partial charge in [-0.1, -0.05) is 50.6 Å². The van der Waals surface area contributed by atoms with Gasteiger partial charge >= 0.3 is 0 Å². The van der Waals surface area contributed by atoms with Crippen LogP contribution in [0.4, 0.5) is 0 Å². The van der Waals surface area contributed by atoms with Crippen LogP contribution in [-0.4, -0.2) is 86.1 Å². The van der Waals surface area contributed by atoms with E-state index >= 15 is 0 Å². The molecule has 2 fully saturated rings. The van der Waals surface area contributed by atoms with Crippen LogP contribution in [0.15, 0.2) is 35.3 Å². The summed E-state index contributed by atoms with van der Waals surface area (Å²) in [4.78, 5) is 12.3. The Morgan fingerprint density at radius 3 is 2.45 bits per heavy atom. The third-order valence-corrected chi connectivity index (χ3v) is 7.03. The molecule has 29 heavy (non-hydrogen) atoms. The monoisotopic (exact) mass is 399 g/mol. The summed E-state index contributed by atoms with van der Waals surface area (Å²) >= 11 is 0. The average Bonchev–Trinajstić information content (AvgIpc) is 2.79. The van der Waals surface area contributed by atoms with E-state index < -0.39 is 0 Å². The number of piperidine rings is 1. The summed E-state index contributed by atoms with van der Waals surface area (Å²) in [5, 5.41) is 3.68. The summed E-state index contributed by atoms with van der Waals surface area (Å²) in [6.07, 6.45) is 2.42. The van der Waals surface area contributed by atoms with Crippen molar-refractivity contribution in [2.45, 2.75) is 45.6 Å². The second kappa shape index (κ2) is 11.0. The Bertz CT molecular complexity index is 623. The Hall–Kier alpha value is -1.59. The van der Waals surface area contributed by atoms with Crippen LogP contribution in [0.5, 0.6) is 0 Å². The van der Waals surface area contributed by atoms with Gasteiger partial charge in [0.15, 0.2) is 5.96 Å². The van der Waals surface area contributed by atoms with E-state index in [-0.39, 0.29) is 0 Å². The van der Waals surface area contributed by atoms with E-state index in [0.717, 1.165) is 25.6 Å². The molecule has 0 amide bonds. The number of nitrogens with one attached hydrogen (secondary N) is 1. The summed E-state index contributed by atoms with van der Waals surface area (Å²) in [6.45, 7) is 16.0. The molecule has 1 aromatic rings. The largest absolute Gasteiger partial charge is 0.355 e. The zero-order valence-corrected chi connectivity index (χ0v) is 19.0. The molecule has 0 bridgehead atoms. The van der Waals surface area contributed by atoms with Crippen molar-refractivity contribution < 1.29 is 0 Å². The Labute approximate surface area is 178 Å². The normalized spacial score (nSPS) is 25.8. The van der Waals surface area contributed by atoms with Gasteiger partial charge in [0.1, 0.15) is 0 Å². The highest BCUT2D eigenvalue weighted by Gasteiger charge is 2.30. The Morgan fingerprint density at radius 2 is 1.83 bits per heavy atom. The minimum Gasteiger partial charge on any atom is -0.355 e. The molecular formula is C24H41N5. The number of guanidine groups is 1. The number of likely N-dealkylation sites (N-methyl/N-ethyl adjacent to an activating group) is 1. The fraction of sp³-hybridized carbons (Fsp3) is 0.708. The lowest BCUT2D eigenvalue weighted by Gasteiger charge is -2.41. The van der Waals surface area contributed by atoms with Crippen molar-refractivity contribution in [3.8, 4) is 0 Å². The molecule has 2 heterocycles. The van der Waals surface area contributed by atoms with Crippen LogP contribution >= 0.6 is 0 Å². The third-order valence-electron chi connectivity index (χ3n) is 7.03. The molecular weight excluding hydrogens is 358 g/mol. The number of likely N-dealkylation sites (tertiary alicyclic amines) is 1. The van der Waals surface area contributed by atoms with E-state index in [1.54, 1.807) is 0 Å². The molecule has 162 valence electrons. The first-order valence-electron chi connectivity index (χ1n) is 11.6. The minimum absolute atomic E-state index is 0.537. The van der Waals surface area contributed by atoms with Gasteiger partial charge in [0, 0.05) is 58.9 Å². The van der Waals surface area contributed by atoms with Gasteiger partial charge in [-0.15, -0.1) is 0 Å². The first kappa shape index (κ1) is 22.1. The number of hydrogen-bond donors (Lipinski definition) is 1. The van der Waals surface area contributed by atoms with E-state index in [9.17, 15) is 0 Å². The average molecular weight is 400 g/mol. The van der Waals surface area contributed by atoms with E-state index in [1.165, 1.54) is 51.1 Å². The standard InChI is InChI=1S/C24H41N5/c1-5-21-19-29(13-12-23(21)22-10-8-7-9-11-22)24(25-4)26-18-20(3)28-16-14-27(6-2)15-17-28/h7-11,20-21,23H,5-6,12-19H2,1-4H3,(H,25,26). The molecule has 0 aromatic heterocycles. The molecule has 1 N–H and O–H groups in total. The maximum Gasteiger partial charge on any atom is 0.193 e. The van der Waals surface area contributed by atoms with Crippen molar-refractivity contribution in [3.63, 3.8) is 0 Å². The number of aliphatic imine (C=N–C) groups is 1. The van der Waals surface area contributed by atoms with Crippen LogP contribution in [0.3, 0.4) is 0 Å². The van der Waals surface area contributed by atoms with Crippen LogP contribution in [0.1, 0.15) is 45.1 Å². The van der Waals surface area contributed by atoms with Crippen molar-refractivity contribution in [2.75, 3.05) is 59.4 Å². The van der Waals surface area contributed by atoms with Gasteiger partial charge in [-0.25, -0.2) is 0 Å². The number of benzene rings is 1. The van der Waals surface area contributed by atoms with Gasteiger partial charge < -0.3 is 15.1 Å². The minimum atomic E-state index is 0.537. The van der Waals surface area contributed by atoms with Crippen molar-refractivity contribution in [2.24, 2.45) is 10.9 Å². The molecule has 3 rings (SSSR count). The third kappa shape index (κ3) is 5.73. The maximum absolute atomic E-state index is 4.63. The van der Waals surface area contributed by atoms with E-state index in [4.69, 9.17) is 0 Å². The number of rotatable bonds is 6. The van der Waals surface area contributed by atoms with Gasteiger partial charge in [-0.3, -0.25) is 9.89 Å². The first-order chi connectivity index (χ1) is 14.2. The molecule has 2 aliphatic rings. The number of nitrogens with zero attached hydrogens (tertiary/aromatic N) is 4. The summed E-state index contributed by atoms with van der Waals surface area (Å²) in [6, 6.07) is 11.6. The van der Waals surface area contributed by atoms with Crippen molar-refractivity contribution >= 4 is 5.96 Å². The lowest BCUT2D eigenvalue weighted by molar-refractivity contribution is 0.106. The Kier molecular flexibility index (Phi) is 8.37. The first-order valence-corrected chi connectivity index (χ1v) is 11.6. The fourth-order valence-electron chi connectivity index (χ4n) is 5.00. The lowest BCUT2D eigenvalue weighted by atomic mass is 9.79. The second-order valence-electron chi connectivity index (χ2n) is 8.67. The van der Waals surface area contributed by atoms with Crippen LogP contribution < -0.4 is 5.32 Å². The van der Waals surface area contributed by atoms with Gasteiger partial charge in [0.05, 0.1) is 0 Å². The quantitative estimate of drug-likeness (QED) is 0.589. The number of hydrogen-bond acceptors (Lipinski definition) is 3. The summed E-state index contributed by atoms with van der Waals surface area (Å²) in [7, 11) is 1.93. The SMILES string of the molecule is CCC1CN(C(=NC)NCC(C)N2CCN(CC)CC2)CCC1c1ccccc1. The molecule has 3 atom stereocenters. The van der Waals surface area contributed by atoms with E-state index in [1.807, 2.05) is 7.05 Å². The van der Waals surface area contributed by atoms with Crippen molar-refractivity contribution in [3.05, 3.63) is 35.9 Å². The molecule has 0 aliphatic carbocycles. The van der Waals surface area contributed by atoms with Crippen molar-refractivity contribution in [1.29, 1.82) is 0 Å². The predicted octanol–water partition coefficient (Wildman–Crippen LogP) is 3.10. The summed E-state index contributed by atoms with van der Waals surface area (Å²) in [5.41, 5.74) is 1.50. The molecule has 5 heteroatoms. The molecule has 1 aromatic carbocycles. The maximum atomic E-state index is 4.63. The molecule has 2 aliphatic heterocycles. The lowest BCUT2D eigenvalue weighted by Crippen LogP contribution is -2.54. The highest BCUT2D eigenvalue weighted by Crippen LogP contribution is 2.34. The number of piperazine rings is 1. The topological polar surface area (TPSA) is 34.1 Å². The molecule has 0 saturated carbocycles. The van der Waals surface area contributed by atoms with Crippen LogP contribution in [0, 0.1) is 5.92 Å². The predicted molar refractivity (Wildman–Crippen MR) is 124 cm³/mol. The molecule has 5 nitrogen and oxygen atoms in total. The van der Waals surface area contributed by atoms with Crippen LogP contribution in [-0.2, 0) is 0 Å². The highest BCUT2D eigenvalue weighted by atomic mass is 15.3. The molecule has 2 saturated heterocycles. The Morgan fingerprint density at radius 1 is 1.10 bits per heavy atom. The molecule has 3 unspecified atom stereocenters. The second-order valence-corrected chi connectivity index (χ2v) is 8.67. The smallest absolute Gasteiger partial charge is 0.193 e. The van der Waals surface area contributed by atoms with Crippen LogP contribution in [0.2, 0.25) is 0 Å². The fourth-order valence-corrected chi connectivity index (χ4v) is 5.00. The van der Waals surface area contributed by atoms with Gasteiger partial charge in [-0.05, 0) is 37.3 Å². The molecule has 0 spiro atoms. The highest BCUT2D eigenvalue weighted by molar-refractivity contribution is 5.80. The van der Waals surface area contributed by atoms with Gasteiger partial charge in [0.2, 0.25) is 0 Å². The zero-order valence-electron chi connectivity index (χ0n) is 19.0. The summed E-state index contributed by atoms with van der Waals surface area (Å²) < 4.78 is 0. The summed E-state index contributed by atoms with van der Waals surface area (Å²) in [5.74, 6) is 2.43. The molecule has 0 radical (unpaired) electrons. The van der Waals surface area contributed by atoms with Crippen LogP contribution in [0.25, 0.3) is 0 Å². The zero-order chi connectivity index (χ0) is 20.6. The van der Waals surface area contributed by atoms with Crippen molar-refractivity contribution in [1.82, 2.24) is 20.0 Å². The van der Waals surface area contributed by atoms with E-state index in [0.29, 0.717) is 17.9 Å². The Balaban J connectivity index is 1.51. The van der Waals surface area contributed by atoms with Gasteiger partial charge in [-0.2, -0.15) is 0 Å². The van der Waals surface area contributed by atoms with Gasteiger partial charge in [0.25, 0.3) is 0 Å².